The van der Waals surface area contributed by atoms with E-state index < -0.39 is 5.97 Å². The minimum atomic E-state index is -1.03. The Bertz CT molecular complexity index is 795. The van der Waals surface area contributed by atoms with Crippen LogP contribution in [-0.4, -0.2) is 32.8 Å². The Morgan fingerprint density at radius 2 is 2.15 bits per heavy atom. The molecule has 2 heterocycles. The number of hydrogen-bond acceptors (Lipinski definition) is 4. The van der Waals surface area contributed by atoms with Crippen molar-refractivity contribution >= 4 is 11.6 Å². The van der Waals surface area contributed by atoms with Crippen LogP contribution in [0.3, 0.4) is 0 Å². The van der Waals surface area contributed by atoms with Crippen LogP contribution in [0.5, 0.6) is 5.75 Å². The van der Waals surface area contributed by atoms with E-state index in [1.54, 1.807) is 19.4 Å². The predicted molar refractivity (Wildman–Crippen MR) is 71.9 cm³/mol. The minimum Gasteiger partial charge on any atom is -0.497 e. The molecule has 0 saturated carbocycles. The summed E-state index contributed by atoms with van der Waals surface area (Å²) in [6.45, 7) is 0. The maximum absolute atomic E-state index is 11.3. The SMILES string of the molecule is COc1cccc(-c2cc(C(=O)O)c3ncnn3c2)c1. The molecule has 3 aromatic rings. The molecule has 0 bridgehead atoms. The summed E-state index contributed by atoms with van der Waals surface area (Å²) < 4.78 is 6.63. The Morgan fingerprint density at radius 1 is 1.30 bits per heavy atom. The van der Waals surface area contributed by atoms with Crippen LogP contribution in [-0.2, 0) is 0 Å². The average Bonchev–Trinajstić information content (AvgIpc) is 2.94. The summed E-state index contributed by atoms with van der Waals surface area (Å²) in [6, 6.07) is 8.98. The standard InChI is InChI=1S/C14H11N3O3/c1-20-11-4-2-3-9(5-11)10-6-12(14(18)19)13-15-8-16-17(13)7-10/h2-8H,1H3,(H,18,19). The van der Waals surface area contributed by atoms with Gasteiger partial charge in [0.2, 0.25) is 0 Å². The summed E-state index contributed by atoms with van der Waals surface area (Å²) >= 11 is 0. The van der Waals surface area contributed by atoms with Crippen molar-refractivity contribution < 1.29 is 14.6 Å². The molecule has 6 heteroatoms. The average molecular weight is 269 g/mol. The van der Waals surface area contributed by atoms with Gasteiger partial charge in [-0.25, -0.2) is 14.3 Å². The van der Waals surface area contributed by atoms with Gasteiger partial charge in [-0.3, -0.25) is 0 Å². The van der Waals surface area contributed by atoms with Crippen molar-refractivity contribution in [3.05, 3.63) is 48.4 Å². The van der Waals surface area contributed by atoms with Crippen molar-refractivity contribution in [2.24, 2.45) is 0 Å². The summed E-state index contributed by atoms with van der Waals surface area (Å²) in [5.74, 6) is -0.328. The zero-order valence-corrected chi connectivity index (χ0v) is 10.6. The highest BCUT2D eigenvalue weighted by atomic mass is 16.5. The summed E-state index contributed by atoms with van der Waals surface area (Å²) in [4.78, 5) is 15.3. The number of ether oxygens (including phenoxy) is 1. The van der Waals surface area contributed by atoms with E-state index in [1.807, 2.05) is 24.3 Å². The molecule has 6 nitrogen and oxygen atoms in total. The van der Waals surface area contributed by atoms with E-state index in [9.17, 15) is 9.90 Å². The highest BCUT2D eigenvalue weighted by Gasteiger charge is 2.13. The number of methoxy groups -OCH3 is 1. The number of nitrogens with zero attached hydrogens (tertiary/aromatic N) is 3. The van der Waals surface area contributed by atoms with E-state index in [0.717, 1.165) is 11.1 Å². The van der Waals surface area contributed by atoms with Gasteiger partial charge in [-0.2, -0.15) is 5.10 Å². The van der Waals surface area contributed by atoms with Crippen molar-refractivity contribution in [2.45, 2.75) is 0 Å². The number of aromatic carboxylic acids is 1. The van der Waals surface area contributed by atoms with Crippen LogP contribution in [0.4, 0.5) is 0 Å². The number of rotatable bonds is 3. The molecule has 0 aliphatic carbocycles. The Morgan fingerprint density at radius 3 is 2.90 bits per heavy atom. The smallest absolute Gasteiger partial charge is 0.339 e. The van der Waals surface area contributed by atoms with Gasteiger partial charge in [0.05, 0.1) is 7.11 Å². The molecule has 0 amide bonds. The van der Waals surface area contributed by atoms with Crippen LogP contribution < -0.4 is 4.74 Å². The van der Waals surface area contributed by atoms with Crippen LogP contribution in [0.1, 0.15) is 10.4 Å². The Hall–Kier alpha value is -2.89. The molecule has 0 spiro atoms. The topological polar surface area (TPSA) is 76.7 Å². The van der Waals surface area contributed by atoms with Crippen LogP contribution in [0, 0.1) is 0 Å². The molecule has 100 valence electrons. The highest BCUT2D eigenvalue weighted by Crippen LogP contribution is 2.25. The first kappa shape index (κ1) is 12.2. The van der Waals surface area contributed by atoms with Gasteiger partial charge in [0.15, 0.2) is 5.65 Å². The lowest BCUT2D eigenvalue weighted by atomic mass is 10.1. The van der Waals surface area contributed by atoms with Crippen molar-refractivity contribution in [2.75, 3.05) is 7.11 Å². The van der Waals surface area contributed by atoms with Crippen LogP contribution in [0.25, 0.3) is 16.8 Å². The number of benzene rings is 1. The fraction of sp³-hybridized carbons (Fsp3) is 0.0714. The van der Waals surface area contributed by atoms with E-state index >= 15 is 0 Å². The molecule has 0 unspecified atom stereocenters. The van der Waals surface area contributed by atoms with Crippen molar-refractivity contribution in [1.82, 2.24) is 14.6 Å². The Kier molecular flexibility index (Phi) is 2.83. The number of pyridine rings is 1. The summed E-state index contributed by atoms with van der Waals surface area (Å²) in [6.07, 6.45) is 3.07. The zero-order chi connectivity index (χ0) is 14.1. The van der Waals surface area contributed by atoms with Gasteiger partial charge in [0.1, 0.15) is 17.6 Å². The molecule has 2 aromatic heterocycles. The lowest BCUT2D eigenvalue weighted by molar-refractivity contribution is 0.0698. The van der Waals surface area contributed by atoms with Gasteiger partial charge >= 0.3 is 5.97 Å². The second-order valence-electron chi connectivity index (χ2n) is 4.21. The molecular formula is C14H11N3O3. The highest BCUT2D eigenvalue weighted by molar-refractivity contribution is 5.95. The number of carboxylic acid groups (broad SMARTS) is 1. The van der Waals surface area contributed by atoms with E-state index in [4.69, 9.17) is 4.74 Å². The van der Waals surface area contributed by atoms with Crippen molar-refractivity contribution in [3.8, 4) is 16.9 Å². The van der Waals surface area contributed by atoms with Crippen molar-refractivity contribution in [3.63, 3.8) is 0 Å². The third kappa shape index (κ3) is 1.97. The van der Waals surface area contributed by atoms with Gasteiger partial charge < -0.3 is 9.84 Å². The van der Waals surface area contributed by atoms with Crippen molar-refractivity contribution in [1.29, 1.82) is 0 Å². The summed E-state index contributed by atoms with van der Waals surface area (Å²) in [5.41, 5.74) is 2.02. The first-order chi connectivity index (χ1) is 9.69. The van der Waals surface area contributed by atoms with Crippen LogP contribution in [0.15, 0.2) is 42.9 Å². The fourth-order valence-electron chi connectivity index (χ4n) is 2.04. The van der Waals surface area contributed by atoms with Gasteiger partial charge in [-0.1, -0.05) is 12.1 Å². The largest absolute Gasteiger partial charge is 0.497 e. The normalized spacial score (nSPS) is 10.7. The molecule has 0 radical (unpaired) electrons. The fourth-order valence-corrected chi connectivity index (χ4v) is 2.04. The zero-order valence-electron chi connectivity index (χ0n) is 10.6. The Labute approximate surface area is 114 Å². The second kappa shape index (κ2) is 4.65. The molecule has 1 aromatic carbocycles. The lowest BCUT2D eigenvalue weighted by Gasteiger charge is -2.07. The minimum absolute atomic E-state index is 0.114. The summed E-state index contributed by atoms with van der Waals surface area (Å²) in [5, 5.41) is 13.3. The lowest BCUT2D eigenvalue weighted by Crippen LogP contribution is -2.02. The summed E-state index contributed by atoms with van der Waals surface area (Å²) in [7, 11) is 1.59. The number of hydrogen-bond donors (Lipinski definition) is 1. The maximum atomic E-state index is 11.3. The number of aromatic nitrogens is 3. The quantitative estimate of drug-likeness (QED) is 0.788. The molecule has 1 N–H and O–H groups in total. The molecular weight excluding hydrogens is 258 g/mol. The molecule has 0 fully saturated rings. The number of carbonyl (C=O) groups is 1. The monoisotopic (exact) mass is 269 g/mol. The van der Waals surface area contributed by atoms with E-state index in [2.05, 4.69) is 10.1 Å². The molecule has 0 atom stereocenters. The molecule has 3 rings (SSSR count). The second-order valence-corrected chi connectivity index (χ2v) is 4.21. The van der Waals surface area contributed by atoms with Gasteiger partial charge in [-0.15, -0.1) is 0 Å². The first-order valence-electron chi connectivity index (χ1n) is 5.90. The molecule has 0 aliphatic rings. The number of fused-ring (bicyclic) bond motifs is 1. The number of carboxylic acids is 1. The van der Waals surface area contributed by atoms with Crippen LogP contribution in [0.2, 0.25) is 0 Å². The van der Waals surface area contributed by atoms with Gasteiger partial charge in [-0.05, 0) is 23.8 Å². The van der Waals surface area contributed by atoms with E-state index in [0.29, 0.717) is 11.4 Å². The van der Waals surface area contributed by atoms with Gasteiger partial charge in [0, 0.05) is 11.8 Å². The van der Waals surface area contributed by atoms with E-state index in [1.165, 1.54) is 10.8 Å². The molecule has 20 heavy (non-hydrogen) atoms. The molecule has 0 aliphatic heterocycles. The third-order valence-corrected chi connectivity index (χ3v) is 3.01. The van der Waals surface area contributed by atoms with Crippen LogP contribution >= 0.6 is 0 Å². The Balaban J connectivity index is 2.22. The third-order valence-electron chi connectivity index (χ3n) is 3.01. The molecule has 0 saturated heterocycles. The maximum Gasteiger partial charge on any atom is 0.339 e. The predicted octanol–water partition coefficient (Wildman–Crippen LogP) is 2.10. The first-order valence-corrected chi connectivity index (χ1v) is 5.90. The van der Waals surface area contributed by atoms with Gasteiger partial charge in [0.25, 0.3) is 0 Å². The van der Waals surface area contributed by atoms with E-state index in [-0.39, 0.29) is 5.56 Å².